The lowest BCUT2D eigenvalue weighted by atomic mass is 10.2. The standard InChI is InChI=1S/C15H15N3O6/c1-2-5-11-14(20)17(15(21)16-11)8-10(19)9-24-13-7-4-3-6-12(13)18(22)23/h1,3-4,6-7,10-11,19H,5,8-9H2,(H,16,21). The second-order valence-electron chi connectivity index (χ2n) is 5.05. The summed E-state index contributed by atoms with van der Waals surface area (Å²) in [5.74, 6) is 1.75. The number of ether oxygens (including phenoxy) is 1. The molecule has 9 nitrogen and oxygen atoms in total. The monoisotopic (exact) mass is 333 g/mol. The van der Waals surface area contributed by atoms with Gasteiger partial charge in [0.1, 0.15) is 18.8 Å². The Bertz CT molecular complexity index is 699. The molecule has 1 aliphatic heterocycles. The van der Waals surface area contributed by atoms with Crippen molar-refractivity contribution in [1.82, 2.24) is 10.2 Å². The number of carbonyl (C=O) groups excluding carboxylic acids is 2. The Balaban J connectivity index is 1.94. The predicted octanol–water partition coefficient (Wildman–Crippen LogP) is 0.278. The zero-order chi connectivity index (χ0) is 17.7. The molecule has 0 aromatic heterocycles. The van der Waals surface area contributed by atoms with Crippen LogP contribution in [0.2, 0.25) is 0 Å². The molecule has 1 aliphatic rings. The Morgan fingerprint density at radius 1 is 1.46 bits per heavy atom. The van der Waals surface area contributed by atoms with Gasteiger partial charge < -0.3 is 15.2 Å². The molecule has 2 atom stereocenters. The van der Waals surface area contributed by atoms with Gasteiger partial charge in [0.2, 0.25) is 0 Å². The van der Waals surface area contributed by atoms with E-state index in [0.717, 1.165) is 4.90 Å². The third-order valence-corrected chi connectivity index (χ3v) is 3.32. The molecule has 1 aromatic carbocycles. The minimum absolute atomic E-state index is 0.0102. The number of β-amino-alcohol motifs (C(OH)–C–C–N with tert-alkyl or cyclic N) is 1. The maximum atomic E-state index is 12.0. The SMILES string of the molecule is C#CCC1NC(=O)N(CC(O)COc2ccccc2[N+](=O)[O-])C1=O. The normalized spacial score (nSPS) is 18.0. The molecule has 2 rings (SSSR count). The summed E-state index contributed by atoms with van der Waals surface area (Å²) in [6.07, 6.45) is 3.97. The fourth-order valence-corrected chi connectivity index (χ4v) is 2.19. The van der Waals surface area contributed by atoms with Gasteiger partial charge in [0, 0.05) is 12.5 Å². The van der Waals surface area contributed by atoms with Gasteiger partial charge in [0.05, 0.1) is 11.5 Å². The lowest BCUT2D eigenvalue weighted by Crippen LogP contribution is -2.40. The van der Waals surface area contributed by atoms with E-state index in [-0.39, 0.29) is 31.0 Å². The number of hydrogen-bond donors (Lipinski definition) is 2. The highest BCUT2D eigenvalue weighted by Crippen LogP contribution is 2.25. The number of rotatable bonds is 7. The molecular formula is C15H15N3O6. The number of nitrogens with one attached hydrogen (secondary N) is 1. The first-order valence-corrected chi connectivity index (χ1v) is 7.03. The summed E-state index contributed by atoms with van der Waals surface area (Å²) in [7, 11) is 0. The van der Waals surface area contributed by atoms with Crippen molar-refractivity contribution >= 4 is 17.6 Å². The molecule has 1 heterocycles. The Labute approximate surface area is 137 Å². The second kappa shape index (κ2) is 7.43. The number of amides is 3. The van der Waals surface area contributed by atoms with Crippen molar-refractivity contribution in [2.75, 3.05) is 13.2 Å². The fraction of sp³-hybridized carbons (Fsp3) is 0.333. The van der Waals surface area contributed by atoms with E-state index < -0.39 is 29.0 Å². The number of nitro groups is 1. The van der Waals surface area contributed by atoms with Crippen LogP contribution < -0.4 is 10.1 Å². The van der Waals surface area contributed by atoms with Gasteiger partial charge >= 0.3 is 11.7 Å². The molecule has 0 radical (unpaired) electrons. The van der Waals surface area contributed by atoms with Crippen LogP contribution in [0.3, 0.4) is 0 Å². The van der Waals surface area contributed by atoms with Gasteiger partial charge in [-0.05, 0) is 6.07 Å². The van der Waals surface area contributed by atoms with E-state index in [1.54, 1.807) is 6.07 Å². The quantitative estimate of drug-likeness (QED) is 0.320. The molecule has 126 valence electrons. The smallest absolute Gasteiger partial charge is 0.324 e. The molecule has 0 bridgehead atoms. The number of aliphatic hydroxyl groups is 1. The summed E-state index contributed by atoms with van der Waals surface area (Å²) in [6, 6.07) is 4.25. The minimum atomic E-state index is -1.20. The van der Waals surface area contributed by atoms with Crippen molar-refractivity contribution < 1.29 is 24.4 Å². The molecule has 2 N–H and O–H groups in total. The Kier molecular flexibility index (Phi) is 5.34. The molecule has 9 heteroatoms. The third-order valence-electron chi connectivity index (χ3n) is 3.32. The number of nitro benzene ring substituents is 1. The number of terminal acetylenes is 1. The highest BCUT2D eigenvalue weighted by molar-refractivity contribution is 6.04. The number of nitrogens with zero attached hydrogens (tertiary/aromatic N) is 2. The van der Waals surface area contributed by atoms with Gasteiger partial charge in [0.15, 0.2) is 5.75 Å². The number of hydrogen-bond acceptors (Lipinski definition) is 6. The summed E-state index contributed by atoms with van der Waals surface area (Å²) in [5, 5.41) is 23.2. The predicted molar refractivity (Wildman–Crippen MR) is 82.1 cm³/mol. The van der Waals surface area contributed by atoms with E-state index in [1.165, 1.54) is 18.2 Å². The van der Waals surface area contributed by atoms with Crippen LogP contribution in [0.25, 0.3) is 0 Å². The number of urea groups is 1. The Morgan fingerprint density at radius 3 is 2.83 bits per heavy atom. The van der Waals surface area contributed by atoms with Gasteiger partial charge in [-0.15, -0.1) is 12.3 Å². The number of benzene rings is 1. The third kappa shape index (κ3) is 3.80. The number of imide groups is 1. The first-order valence-electron chi connectivity index (χ1n) is 7.03. The maximum absolute atomic E-state index is 12.0. The van der Waals surface area contributed by atoms with Crippen LogP contribution in [0, 0.1) is 22.5 Å². The number of aliphatic hydroxyl groups excluding tert-OH is 1. The summed E-state index contributed by atoms with van der Waals surface area (Å²) < 4.78 is 5.22. The van der Waals surface area contributed by atoms with Gasteiger partial charge in [-0.25, -0.2) is 4.79 Å². The van der Waals surface area contributed by atoms with Crippen molar-refractivity contribution in [3.8, 4) is 18.1 Å². The molecule has 0 saturated carbocycles. The van der Waals surface area contributed by atoms with Crippen LogP contribution in [0.1, 0.15) is 6.42 Å². The molecule has 1 fully saturated rings. The first-order chi connectivity index (χ1) is 11.4. The van der Waals surface area contributed by atoms with Crippen LogP contribution in [-0.2, 0) is 4.79 Å². The zero-order valence-electron chi connectivity index (χ0n) is 12.5. The molecule has 1 aromatic rings. The van der Waals surface area contributed by atoms with E-state index >= 15 is 0 Å². The molecular weight excluding hydrogens is 318 g/mol. The average molecular weight is 333 g/mol. The van der Waals surface area contributed by atoms with Gasteiger partial charge in [0.25, 0.3) is 5.91 Å². The number of carbonyl (C=O) groups is 2. The highest BCUT2D eigenvalue weighted by Gasteiger charge is 2.38. The Hall–Kier alpha value is -3.12. The molecule has 3 amide bonds. The lowest BCUT2D eigenvalue weighted by molar-refractivity contribution is -0.385. The van der Waals surface area contributed by atoms with Crippen molar-refractivity contribution in [1.29, 1.82) is 0 Å². The van der Waals surface area contributed by atoms with Crippen LogP contribution in [0.4, 0.5) is 10.5 Å². The van der Waals surface area contributed by atoms with Crippen LogP contribution in [-0.4, -0.2) is 52.2 Å². The number of para-hydroxylation sites is 2. The fourth-order valence-electron chi connectivity index (χ4n) is 2.19. The summed E-state index contributed by atoms with van der Waals surface area (Å²) >= 11 is 0. The minimum Gasteiger partial charge on any atom is -0.484 e. The summed E-state index contributed by atoms with van der Waals surface area (Å²) in [4.78, 5) is 34.8. The van der Waals surface area contributed by atoms with Crippen LogP contribution in [0.5, 0.6) is 5.75 Å². The topological polar surface area (TPSA) is 122 Å². The first kappa shape index (κ1) is 17.2. The highest BCUT2D eigenvalue weighted by atomic mass is 16.6. The van der Waals surface area contributed by atoms with E-state index in [9.17, 15) is 24.8 Å². The summed E-state index contributed by atoms with van der Waals surface area (Å²) in [6.45, 7) is -0.617. The van der Waals surface area contributed by atoms with Crippen molar-refractivity contribution in [2.24, 2.45) is 0 Å². The van der Waals surface area contributed by atoms with E-state index in [0.29, 0.717) is 0 Å². The van der Waals surface area contributed by atoms with Gasteiger partial charge in [-0.3, -0.25) is 19.8 Å². The largest absolute Gasteiger partial charge is 0.484 e. The summed E-state index contributed by atoms with van der Waals surface area (Å²) in [5.41, 5.74) is -0.242. The van der Waals surface area contributed by atoms with E-state index in [4.69, 9.17) is 11.2 Å². The van der Waals surface area contributed by atoms with Gasteiger partial charge in [-0.1, -0.05) is 12.1 Å². The average Bonchev–Trinajstić information content (AvgIpc) is 2.81. The van der Waals surface area contributed by atoms with Gasteiger partial charge in [-0.2, -0.15) is 0 Å². The van der Waals surface area contributed by atoms with Crippen molar-refractivity contribution in [3.05, 3.63) is 34.4 Å². The molecule has 24 heavy (non-hydrogen) atoms. The van der Waals surface area contributed by atoms with Crippen LogP contribution >= 0.6 is 0 Å². The van der Waals surface area contributed by atoms with Crippen molar-refractivity contribution in [2.45, 2.75) is 18.6 Å². The van der Waals surface area contributed by atoms with E-state index in [2.05, 4.69) is 11.2 Å². The second-order valence-corrected chi connectivity index (χ2v) is 5.05. The molecule has 0 aliphatic carbocycles. The van der Waals surface area contributed by atoms with Crippen molar-refractivity contribution in [3.63, 3.8) is 0 Å². The van der Waals surface area contributed by atoms with E-state index in [1.807, 2.05) is 0 Å². The maximum Gasteiger partial charge on any atom is 0.324 e. The molecule has 2 unspecified atom stereocenters. The molecule has 0 spiro atoms. The lowest BCUT2D eigenvalue weighted by Gasteiger charge is -2.18. The Morgan fingerprint density at radius 2 is 2.17 bits per heavy atom. The van der Waals surface area contributed by atoms with Crippen LogP contribution in [0.15, 0.2) is 24.3 Å². The molecule has 1 saturated heterocycles. The zero-order valence-corrected chi connectivity index (χ0v) is 12.5.